The molecule has 1 atom stereocenters. The number of furan rings is 1. The Morgan fingerprint density at radius 3 is 2.81 bits per heavy atom. The monoisotopic (exact) mass is 281 g/mol. The van der Waals surface area contributed by atoms with Crippen LogP contribution >= 0.6 is 0 Å². The minimum Gasteiger partial charge on any atom is -0.456 e. The largest absolute Gasteiger partial charge is 0.456 e. The molecule has 1 aliphatic heterocycles. The van der Waals surface area contributed by atoms with Gasteiger partial charge in [-0.25, -0.2) is 0 Å². The Hall–Kier alpha value is -2.33. The number of amides is 1. The van der Waals surface area contributed by atoms with Gasteiger partial charge in [0.2, 0.25) is 0 Å². The molecule has 1 fully saturated rings. The van der Waals surface area contributed by atoms with Crippen LogP contribution in [-0.2, 0) is 9.53 Å². The Kier molecular flexibility index (Phi) is 2.89. The maximum Gasteiger partial charge on any atom is 0.253 e. The normalized spacial score (nSPS) is 18.4. The molecule has 1 aromatic heterocycles. The van der Waals surface area contributed by atoms with Gasteiger partial charge in [0.25, 0.3) is 5.91 Å². The van der Waals surface area contributed by atoms with Crippen LogP contribution in [0.15, 0.2) is 46.9 Å². The summed E-state index contributed by atoms with van der Waals surface area (Å²) in [6, 6.07) is 13.6. The zero-order chi connectivity index (χ0) is 14.2. The number of fused-ring (bicyclic) bond motifs is 3. The smallest absolute Gasteiger partial charge is 0.253 e. The van der Waals surface area contributed by atoms with Crippen molar-refractivity contribution in [3.8, 4) is 0 Å². The van der Waals surface area contributed by atoms with Gasteiger partial charge in [-0.15, -0.1) is 0 Å². The van der Waals surface area contributed by atoms with Crippen molar-refractivity contribution >= 4 is 33.5 Å². The van der Waals surface area contributed by atoms with E-state index in [-0.39, 0.29) is 12.0 Å². The molecule has 4 rings (SSSR count). The van der Waals surface area contributed by atoms with Crippen LogP contribution in [0.25, 0.3) is 21.9 Å². The fourth-order valence-electron chi connectivity index (χ4n) is 2.81. The van der Waals surface area contributed by atoms with Gasteiger partial charge >= 0.3 is 0 Å². The molecule has 0 unspecified atom stereocenters. The quantitative estimate of drug-likeness (QED) is 0.779. The molecule has 1 amide bonds. The number of nitrogens with one attached hydrogen (secondary N) is 1. The Morgan fingerprint density at radius 2 is 1.95 bits per heavy atom. The Labute approximate surface area is 121 Å². The van der Waals surface area contributed by atoms with Crippen molar-refractivity contribution in [2.24, 2.45) is 0 Å². The van der Waals surface area contributed by atoms with Gasteiger partial charge in [0.05, 0.1) is 0 Å². The molecule has 1 N–H and O–H groups in total. The Balaban J connectivity index is 1.69. The van der Waals surface area contributed by atoms with E-state index in [2.05, 4.69) is 5.32 Å². The number of para-hydroxylation sites is 1. The first-order valence-corrected chi connectivity index (χ1v) is 7.15. The lowest BCUT2D eigenvalue weighted by molar-refractivity contribution is -0.124. The fraction of sp³-hybridized carbons (Fsp3) is 0.235. The molecule has 1 aliphatic rings. The minimum absolute atomic E-state index is 0.0698. The van der Waals surface area contributed by atoms with Gasteiger partial charge in [-0.2, -0.15) is 0 Å². The van der Waals surface area contributed by atoms with Gasteiger partial charge in [-0.3, -0.25) is 4.79 Å². The molecule has 0 saturated carbocycles. The van der Waals surface area contributed by atoms with Crippen molar-refractivity contribution in [3.05, 3.63) is 42.5 Å². The SMILES string of the molecule is O=C(Nc1ccc2oc3ccccc3c2c1)[C@@H]1CCCO1. The van der Waals surface area contributed by atoms with Gasteiger partial charge < -0.3 is 14.5 Å². The number of hydrogen-bond donors (Lipinski definition) is 1. The number of carbonyl (C=O) groups excluding carboxylic acids is 1. The zero-order valence-corrected chi connectivity index (χ0v) is 11.5. The first-order valence-electron chi connectivity index (χ1n) is 7.15. The molecule has 0 spiro atoms. The third-order valence-corrected chi connectivity index (χ3v) is 3.87. The molecule has 0 bridgehead atoms. The van der Waals surface area contributed by atoms with Crippen molar-refractivity contribution in [2.75, 3.05) is 11.9 Å². The molecule has 4 heteroatoms. The highest BCUT2D eigenvalue weighted by Gasteiger charge is 2.23. The molecule has 0 radical (unpaired) electrons. The van der Waals surface area contributed by atoms with E-state index in [1.807, 2.05) is 42.5 Å². The average Bonchev–Trinajstić information content (AvgIpc) is 3.14. The van der Waals surface area contributed by atoms with Crippen LogP contribution in [0.3, 0.4) is 0 Å². The molecule has 21 heavy (non-hydrogen) atoms. The molecular weight excluding hydrogens is 266 g/mol. The first kappa shape index (κ1) is 12.4. The molecule has 2 aromatic carbocycles. The van der Waals surface area contributed by atoms with Crippen LogP contribution in [0.5, 0.6) is 0 Å². The standard InChI is InChI=1S/C17H15NO3/c19-17(16-6-3-9-20-16)18-11-7-8-15-13(10-11)12-4-1-2-5-14(12)21-15/h1-2,4-5,7-8,10,16H,3,6,9H2,(H,18,19)/t16-/m0/s1. The maximum absolute atomic E-state index is 12.1. The molecule has 106 valence electrons. The summed E-state index contributed by atoms with van der Waals surface area (Å²) < 4.78 is 11.2. The maximum atomic E-state index is 12.1. The number of benzene rings is 2. The second-order valence-electron chi connectivity index (χ2n) is 5.30. The van der Waals surface area contributed by atoms with E-state index in [1.165, 1.54) is 0 Å². The fourth-order valence-corrected chi connectivity index (χ4v) is 2.81. The van der Waals surface area contributed by atoms with Crippen molar-refractivity contribution in [1.29, 1.82) is 0 Å². The lowest BCUT2D eigenvalue weighted by Crippen LogP contribution is -2.26. The summed E-state index contributed by atoms with van der Waals surface area (Å²) in [5.41, 5.74) is 2.45. The highest BCUT2D eigenvalue weighted by Crippen LogP contribution is 2.30. The third-order valence-electron chi connectivity index (χ3n) is 3.87. The summed E-state index contributed by atoms with van der Waals surface area (Å²) in [5, 5.41) is 4.99. The lowest BCUT2D eigenvalue weighted by atomic mass is 10.1. The van der Waals surface area contributed by atoms with E-state index in [0.29, 0.717) is 6.61 Å². The van der Waals surface area contributed by atoms with E-state index in [0.717, 1.165) is 40.5 Å². The highest BCUT2D eigenvalue weighted by molar-refractivity contribution is 6.07. The van der Waals surface area contributed by atoms with Crippen molar-refractivity contribution in [1.82, 2.24) is 0 Å². The Morgan fingerprint density at radius 1 is 1.10 bits per heavy atom. The van der Waals surface area contributed by atoms with Crippen molar-refractivity contribution < 1.29 is 13.9 Å². The number of carbonyl (C=O) groups is 1. The van der Waals surface area contributed by atoms with Crippen LogP contribution in [-0.4, -0.2) is 18.6 Å². The van der Waals surface area contributed by atoms with Crippen LogP contribution in [0.2, 0.25) is 0 Å². The topological polar surface area (TPSA) is 51.5 Å². The van der Waals surface area contributed by atoms with E-state index in [1.54, 1.807) is 0 Å². The lowest BCUT2D eigenvalue weighted by Gasteiger charge is -2.10. The van der Waals surface area contributed by atoms with Crippen LogP contribution in [0.1, 0.15) is 12.8 Å². The van der Waals surface area contributed by atoms with Gasteiger partial charge in [-0.1, -0.05) is 18.2 Å². The van der Waals surface area contributed by atoms with E-state index >= 15 is 0 Å². The minimum atomic E-state index is -0.318. The van der Waals surface area contributed by atoms with E-state index in [9.17, 15) is 4.79 Å². The summed E-state index contributed by atoms with van der Waals surface area (Å²) in [5.74, 6) is -0.0698. The number of hydrogen-bond acceptors (Lipinski definition) is 3. The van der Waals surface area contributed by atoms with Gasteiger partial charge in [0, 0.05) is 23.1 Å². The summed E-state index contributed by atoms with van der Waals surface area (Å²) in [4.78, 5) is 12.1. The van der Waals surface area contributed by atoms with Crippen molar-refractivity contribution in [3.63, 3.8) is 0 Å². The summed E-state index contributed by atoms with van der Waals surface area (Å²) in [6.07, 6.45) is 1.42. The van der Waals surface area contributed by atoms with Crippen LogP contribution < -0.4 is 5.32 Å². The molecule has 3 aromatic rings. The number of ether oxygens (including phenoxy) is 1. The molecule has 2 heterocycles. The molecular formula is C17H15NO3. The summed E-state index contributed by atoms with van der Waals surface area (Å²) in [6.45, 7) is 0.670. The first-order chi connectivity index (χ1) is 10.3. The van der Waals surface area contributed by atoms with Gasteiger partial charge in [-0.05, 0) is 37.1 Å². The average molecular weight is 281 g/mol. The zero-order valence-electron chi connectivity index (χ0n) is 11.5. The highest BCUT2D eigenvalue weighted by atomic mass is 16.5. The molecule has 1 saturated heterocycles. The molecule has 0 aliphatic carbocycles. The van der Waals surface area contributed by atoms with E-state index < -0.39 is 0 Å². The van der Waals surface area contributed by atoms with Gasteiger partial charge in [0.15, 0.2) is 0 Å². The Bertz CT molecular complexity index is 815. The summed E-state index contributed by atoms with van der Waals surface area (Å²) >= 11 is 0. The predicted molar refractivity (Wildman–Crippen MR) is 81.3 cm³/mol. The van der Waals surface area contributed by atoms with Gasteiger partial charge in [0.1, 0.15) is 17.3 Å². The van der Waals surface area contributed by atoms with Crippen molar-refractivity contribution in [2.45, 2.75) is 18.9 Å². The molecule has 4 nitrogen and oxygen atoms in total. The predicted octanol–water partition coefficient (Wildman–Crippen LogP) is 3.70. The van der Waals surface area contributed by atoms with Crippen LogP contribution in [0, 0.1) is 0 Å². The third kappa shape index (κ3) is 2.17. The second kappa shape index (κ2) is 4.90. The van der Waals surface area contributed by atoms with Crippen LogP contribution in [0.4, 0.5) is 5.69 Å². The number of anilines is 1. The summed E-state index contributed by atoms with van der Waals surface area (Å²) in [7, 11) is 0. The van der Waals surface area contributed by atoms with E-state index in [4.69, 9.17) is 9.15 Å². The second-order valence-corrected chi connectivity index (χ2v) is 5.30. The number of rotatable bonds is 2.